The van der Waals surface area contributed by atoms with E-state index in [0.29, 0.717) is 18.4 Å². The summed E-state index contributed by atoms with van der Waals surface area (Å²) in [5.41, 5.74) is -0.0967. The van der Waals surface area contributed by atoms with Crippen LogP contribution in [0.4, 0.5) is 0 Å². The molecule has 2 unspecified atom stereocenters. The van der Waals surface area contributed by atoms with Gasteiger partial charge in [0.25, 0.3) is 0 Å². The molecule has 9 bridgehead atoms. The van der Waals surface area contributed by atoms with Crippen LogP contribution in [0.1, 0.15) is 46.0 Å². The maximum absolute atomic E-state index is 12.1. The van der Waals surface area contributed by atoms with Crippen molar-refractivity contribution in [2.75, 3.05) is 6.54 Å². The quantitative estimate of drug-likeness (QED) is 0.542. The first kappa shape index (κ1) is 15.9. The van der Waals surface area contributed by atoms with Crippen molar-refractivity contribution in [3.05, 3.63) is 12.2 Å². The summed E-state index contributed by atoms with van der Waals surface area (Å²) in [6, 6.07) is 0.338. The van der Waals surface area contributed by atoms with Gasteiger partial charge in [-0.2, -0.15) is 0 Å². The highest BCUT2D eigenvalue weighted by molar-refractivity contribution is 5.67. The van der Waals surface area contributed by atoms with Crippen molar-refractivity contribution in [2.24, 2.45) is 39.9 Å². The summed E-state index contributed by atoms with van der Waals surface area (Å²) in [6.45, 7) is 9.13. The highest BCUT2D eigenvalue weighted by Crippen LogP contribution is 2.89. The Morgan fingerprint density at radius 2 is 2.11 bits per heavy atom. The van der Waals surface area contributed by atoms with Gasteiger partial charge in [0, 0.05) is 49.1 Å². The maximum Gasteiger partial charge on any atom is 0.303 e. The molecule has 0 amide bonds. The van der Waals surface area contributed by atoms with Crippen molar-refractivity contribution in [3.63, 3.8) is 0 Å². The van der Waals surface area contributed by atoms with Crippen LogP contribution in [0.3, 0.4) is 0 Å². The summed E-state index contributed by atoms with van der Waals surface area (Å²) >= 11 is 0. The van der Waals surface area contributed by atoms with Gasteiger partial charge in [0.05, 0.1) is 6.10 Å². The minimum Gasteiger partial charge on any atom is -0.457 e. The van der Waals surface area contributed by atoms with E-state index in [1.54, 1.807) is 0 Å². The van der Waals surface area contributed by atoms with Crippen LogP contribution in [0.15, 0.2) is 12.2 Å². The average molecular weight is 371 g/mol. The molecular weight excluding hydrogens is 342 g/mol. The summed E-state index contributed by atoms with van der Waals surface area (Å²) in [5, 5.41) is 23.6. The second-order valence-corrected chi connectivity index (χ2v) is 11.3. The highest BCUT2D eigenvalue weighted by Gasteiger charge is 2.93. The smallest absolute Gasteiger partial charge is 0.303 e. The molecule has 0 aromatic carbocycles. The molecule has 2 spiro atoms. The van der Waals surface area contributed by atoms with E-state index >= 15 is 0 Å². The van der Waals surface area contributed by atoms with Gasteiger partial charge in [0.2, 0.25) is 0 Å². The predicted molar refractivity (Wildman–Crippen MR) is 96.2 cm³/mol. The minimum absolute atomic E-state index is 0.0177. The molecule has 5 nitrogen and oxygen atoms in total. The number of hydrogen-bond donors (Lipinski definition) is 2. The van der Waals surface area contributed by atoms with Crippen molar-refractivity contribution in [2.45, 2.75) is 69.9 Å². The summed E-state index contributed by atoms with van der Waals surface area (Å²) in [7, 11) is 0. The Morgan fingerprint density at radius 3 is 2.85 bits per heavy atom. The molecule has 3 heterocycles. The van der Waals surface area contributed by atoms with Gasteiger partial charge in [-0.1, -0.05) is 19.9 Å². The van der Waals surface area contributed by atoms with E-state index in [4.69, 9.17) is 4.74 Å². The molecule has 0 radical (unpaired) electrons. The van der Waals surface area contributed by atoms with Gasteiger partial charge in [0.1, 0.15) is 11.8 Å². The number of nitrogens with zero attached hydrogens (tertiary/aromatic N) is 1. The number of piperidine rings is 2. The Kier molecular flexibility index (Phi) is 2.38. The van der Waals surface area contributed by atoms with Gasteiger partial charge >= 0.3 is 5.97 Å². The van der Waals surface area contributed by atoms with E-state index in [1.165, 1.54) is 19.8 Å². The van der Waals surface area contributed by atoms with Gasteiger partial charge in [-0.05, 0) is 41.6 Å². The molecule has 6 aliphatic carbocycles. The largest absolute Gasteiger partial charge is 0.457 e. The second kappa shape index (κ2) is 4.03. The number of ether oxygens (including phenoxy) is 1. The second-order valence-electron chi connectivity index (χ2n) is 11.3. The molecule has 0 aromatic rings. The summed E-state index contributed by atoms with van der Waals surface area (Å²) in [4.78, 5) is 14.4. The lowest BCUT2D eigenvalue weighted by molar-refractivity contribution is -0.275. The molecule has 9 rings (SSSR count). The number of aliphatic hydroxyl groups is 2. The van der Waals surface area contributed by atoms with Crippen molar-refractivity contribution in [1.82, 2.24) is 4.90 Å². The molecule has 9 fully saturated rings. The van der Waals surface area contributed by atoms with E-state index in [-0.39, 0.29) is 46.1 Å². The predicted octanol–water partition coefficient (Wildman–Crippen LogP) is 1.68. The van der Waals surface area contributed by atoms with Gasteiger partial charge in [-0.3, -0.25) is 9.69 Å². The molecule has 12 atom stereocenters. The molecule has 2 N–H and O–H groups in total. The highest BCUT2D eigenvalue weighted by atomic mass is 16.5. The minimum atomic E-state index is -0.796. The molecule has 0 aromatic heterocycles. The summed E-state index contributed by atoms with van der Waals surface area (Å²) in [6.07, 6.45) is 4.29. The van der Waals surface area contributed by atoms with Crippen LogP contribution in [0.25, 0.3) is 0 Å². The van der Waals surface area contributed by atoms with Gasteiger partial charge in [0.15, 0.2) is 0 Å². The fourth-order valence-electron chi connectivity index (χ4n) is 10.9. The van der Waals surface area contributed by atoms with Crippen molar-refractivity contribution < 1.29 is 19.7 Å². The molecule has 9 aliphatic rings. The zero-order valence-electron chi connectivity index (χ0n) is 16.1. The van der Waals surface area contributed by atoms with Crippen molar-refractivity contribution >= 4 is 5.97 Å². The molecule has 5 heteroatoms. The topological polar surface area (TPSA) is 70.0 Å². The number of rotatable bonds is 1. The fraction of sp³-hybridized carbons (Fsp3) is 0.864. The molecular formula is C22H29NO4. The molecule has 3 saturated heterocycles. The Labute approximate surface area is 159 Å². The Bertz CT molecular complexity index is 827. The number of esters is 1. The van der Waals surface area contributed by atoms with Crippen molar-refractivity contribution in [1.29, 1.82) is 0 Å². The SMILES string of the molecule is C=C1[C@H]2C[C@@H]3C4N5C[C@]6(C)CCC[C@@]47[C@@H]6[C@@]5(O)C[C@]3([C@@H]1OC(C)=O)[C@H]7[C@H]2O. The van der Waals surface area contributed by atoms with Crippen molar-refractivity contribution in [3.8, 4) is 0 Å². The first-order valence-corrected chi connectivity index (χ1v) is 10.7. The van der Waals surface area contributed by atoms with Crippen LogP contribution in [0, 0.1) is 39.9 Å². The standard InChI is InChI=1S/C22H29NO4/c1-10-12-7-13-16-20-6-4-5-19(3)9-23(16)22(26,18(19)20)8-21(13,15(20)14(12)25)17(10)27-11(2)24/h12-18,25-26H,1,4-9H2,2-3H3/t12-,13-,14+,15+,16?,17-,18-,19+,20+,21-,22+/m1/s1. The first-order chi connectivity index (χ1) is 12.7. The lowest BCUT2D eigenvalue weighted by Crippen LogP contribution is -2.72. The molecule has 27 heavy (non-hydrogen) atoms. The average Bonchev–Trinajstić information content (AvgIpc) is 2.94. The summed E-state index contributed by atoms with van der Waals surface area (Å²) < 4.78 is 5.93. The van der Waals surface area contributed by atoms with E-state index in [2.05, 4.69) is 18.4 Å². The van der Waals surface area contributed by atoms with Gasteiger partial charge in [-0.25, -0.2) is 0 Å². The number of carbonyl (C=O) groups is 1. The normalized spacial score (nSPS) is 68.7. The Morgan fingerprint density at radius 1 is 1.33 bits per heavy atom. The molecule has 6 saturated carbocycles. The third-order valence-corrected chi connectivity index (χ3v) is 10.6. The van der Waals surface area contributed by atoms with Gasteiger partial charge < -0.3 is 14.9 Å². The van der Waals surface area contributed by atoms with Crippen LogP contribution in [0.2, 0.25) is 0 Å². The van der Waals surface area contributed by atoms with Crippen LogP contribution in [-0.4, -0.2) is 51.6 Å². The Balaban J connectivity index is 1.51. The summed E-state index contributed by atoms with van der Waals surface area (Å²) in [5.74, 6) is 0.541. The maximum atomic E-state index is 12.1. The van der Waals surface area contributed by atoms with E-state index < -0.39 is 11.8 Å². The lowest BCUT2D eigenvalue weighted by Gasteiger charge is -2.67. The molecule has 3 aliphatic heterocycles. The number of carbonyl (C=O) groups excluding carboxylic acids is 1. The number of aliphatic hydroxyl groups excluding tert-OH is 1. The lowest BCUT2D eigenvalue weighted by atomic mass is 9.39. The van der Waals surface area contributed by atoms with Crippen LogP contribution >= 0.6 is 0 Å². The number of fused-ring (bicyclic) bond motifs is 1. The Hall–Kier alpha value is -0.910. The van der Waals surface area contributed by atoms with E-state index in [1.807, 2.05) is 0 Å². The monoisotopic (exact) mass is 371 g/mol. The van der Waals surface area contributed by atoms with Gasteiger partial charge in [-0.15, -0.1) is 0 Å². The van der Waals surface area contributed by atoms with E-state index in [0.717, 1.165) is 25.0 Å². The molecule has 146 valence electrons. The van der Waals surface area contributed by atoms with E-state index in [9.17, 15) is 15.0 Å². The third-order valence-electron chi connectivity index (χ3n) is 10.6. The first-order valence-electron chi connectivity index (χ1n) is 10.7. The van der Waals surface area contributed by atoms with Crippen LogP contribution in [0.5, 0.6) is 0 Å². The fourth-order valence-corrected chi connectivity index (χ4v) is 10.9. The zero-order chi connectivity index (χ0) is 18.7. The van der Waals surface area contributed by atoms with Crippen LogP contribution in [-0.2, 0) is 9.53 Å². The number of hydrogen-bond acceptors (Lipinski definition) is 5. The van der Waals surface area contributed by atoms with Crippen LogP contribution < -0.4 is 0 Å². The zero-order valence-corrected chi connectivity index (χ0v) is 16.1. The third kappa shape index (κ3) is 1.23.